The molecule has 2 rings (SSSR count). The molecular formula is C11H6Cl2N4O3. The van der Waals surface area contributed by atoms with Crippen LogP contribution in [0.2, 0.25) is 10.2 Å². The van der Waals surface area contributed by atoms with E-state index in [9.17, 15) is 14.9 Å². The molecule has 9 heteroatoms. The first-order chi connectivity index (χ1) is 9.49. The summed E-state index contributed by atoms with van der Waals surface area (Å²) in [6.45, 7) is 0. The average molecular weight is 313 g/mol. The molecule has 0 saturated carbocycles. The normalized spacial score (nSPS) is 10.1. The Labute approximate surface area is 122 Å². The maximum absolute atomic E-state index is 12.0. The van der Waals surface area contributed by atoms with Crippen molar-refractivity contribution in [2.75, 3.05) is 5.32 Å². The second kappa shape index (κ2) is 5.81. The number of hydrogen-bond donors (Lipinski definition) is 1. The van der Waals surface area contributed by atoms with E-state index in [2.05, 4.69) is 15.3 Å². The Morgan fingerprint density at radius 1 is 1.25 bits per heavy atom. The molecule has 0 aliphatic heterocycles. The second-order valence-corrected chi connectivity index (χ2v) is 4.36. The van der Waals surface area contributed by atoms with Crippen molar-refractivity contribution in [3.63, 3.8) is 0 Å². The zero-order valence-corrected chi connectivity index (χ0v) is 11.2. The van der Waals surface area contributed by atoms with Crippen molar-refractivity contribution >= 4 is 40.6 Å². The summed E-state index contributed by atoms with van der Waals surface area (Å²) < 4.78 is 0. The van der Waals surface area contributed by atoms with Gasteiger partial charge in [-0.3, -0.25) is 14.9 Å². The molecule has 20 heavy (non-hydrogen) atoms. The molecule has 0 saturated heterocycles. The molecule has 1 aromatic carbocycles. The van der Waals surface area contributed by atoms with Crippen molar-refractivity contribution in [3.05, 3.63) is 56.4 Å². The number of nitrogens with zero attached hydrogens (tertiary/aromatic N) is 3. The van der Waals surface area contributed by atoms with Gasteiger partial charge in [0, 0.05) is 23.5 Å². The predicted molar refractivity (Wildman–Crippen MR) is 73.1 cm³/mol. The Morgan fingerprint density at radius 2 is 1.95 bits per heavy atom. The minimum atomic E-state index is -0.749. The van der Waals surface area contributed by atoms with Gasteiger partial charge in [0.2, 0.25) is 0 Å². The molecule has 0 unspecified atom stereocenters. The third kappa shape index (κ3) is 3.01. The first-order valence-corrected chi connectivity index (χ1v) is 5.96. The van der Waals surface area contributed by atoms with Gasteiger partial charge in [0.1, 0.15) is 5.56 Å². The quantitative estimate of drug-likeness (QED) is 0.694. The van der Waals surface area contributed by atoms with Crippen LogP contribution >= 0.6 is 23.2 Å². The van der Waals surface area contributed by atoms with Gasteiger partial charge in [-0.05, 0) is 12.1 Å². The van der Waals surface area contributed by atoms with Gasteiger partial charge in [0.25, 0.3) is 11.6 Å². The van der Waals surface area contributed by atoms with Crippen molar-refractivity contribution in [1.29, 1.82) is 0 Å². The smallest absolute Gasteiger partial charge is 0.282 e. The minimum absolute atomic E-state index is 0.00781. The van der Waals surface area contributed by atoms with Crippen LogP contribution in [0.3, 0.4) is 0 Å². The SMILES string of the molecule is O=C(Nc1nccnc1Cl)c1cc(Cl)ccc1[N+](=O)[O-]. The first kappa shape index (κ1) is 14.2. The number of halogens is 2. The molecule has 0 atom stereocenters. The molecular weight excluding hydrogens is 307 g/mol. The van der Waals surface area contributed by atoms with E-state index in [0.717, 1.165) is 6.07 Å². The number of carbonyl (C=O) groups excluding carboxylic acids is 1. The zero-order valence-electron chi connectivity index (χ0n) is 9.71. The maximum atomic E-state index is 12.0. The summed E-state index contributed by atoms with van der Waals surface area (Å²) in [6, 6.07) is 3.67. The fraction of sp³-hybridized carbons (Fsp3) is 0. The van der Waals surface area contributed by atoms with Crippen LogP contribution in [0.5, 0.6) is 0 Å². The minimum Gasteiger partial charge on any atom is -0.304 e. The summed E-state index contributed by atoms with van der Waals surface area (Å²) in [4.78, 5) is 29.8. The van der Waals surface area contributed by atoms with E-state index in [1.54, 1.807) is 0 Å². The summed E-state index contributed by atoms with van der Waals surface area (Å²) in [5, 5.41) is 13.4. The van der Waals surface area contributed by atoms with Crippen LogP contribution in [0.1, 0.15) is 10.4 Å². The summed E-state index contributed by atoms with van der Waals surface area (Å²) in [5.41, 5.74) is -0.559. The van der Waals surface area contributed by atoms with Gasteiger partial charge < -0.3 is 5.32 Å². The Bertz CT molecular complexity index is 693. The molecule has 102 valence electrons. The molecule has 0 aliphatic carbocycles. The Hall–Kier alpha value is -2.25. The summed E-state index contributed by atoms with van der Waals surface area (Å²) in [7, 11) is 0. The van der Waals surface area contributed by atoms with Crippen LogP contribution in [-0.2, 0) is 0 Å². The molecule has 0 radical (unpaired) electrons. The topological polar surface area (TPSA) is 98.0 Å². The molecule has 7 nitrogen and oxygen atoms in total. The molecule has 2 aromatic rings. The van der Waals surface area contributed by atoms with Crippen molar-refractivity contribution in [3.8, 4) is 0 Å². The van der Waals surface area contributed by atoms with Crippen LogP contribution in [0.15, 0.2) is 30.6 Å². The highest BCUT2D eigenvalue weighted by molar-refractivity contribution is 6.32. The number of benzene rings is 1. The predicted octanol–water partition coefficient (Wildman–Crippen LogP) is 2.94. The average Bonchev–Trinajstić information content (AvgIpc) is 2.40. The lowest BCUT2D eigenvalue weighted by Crippen LogP contribution is -2.15. The molecule has 1 heterocycles. The number of amides is 1. The van der Waals surface area contributed by atoms with E-state index in [4.69, 9.17) is 23.2 Å². The number of anilines is 1. The molecule has 0 aliphatic rings. The lowest BCUT2D eigenvalue weighted by molar-refractivity contribution is -0.385. The van der Waals surface area contributed by atoms with Gasteiger partial charge in [-0.25, -0.2) is 9.97 Å². The number of nitro benzene ring substituents is 1. The summed E-state index contributed by atoms with van der Waals surface area (Å²) in [6.07, 6.45) is 2.67. The Balaban J connectivity index is 2.37. The molecule has 0 spiro atoms. The molecule has 0 fully saturated rings. The number of aromatic nitrogens is 2. The fourth-order valence-electron chi connectivity index (χ4n) is 1.43. The van der Waals surface area contributed by atoms with Crippen molar-refractivity contribution in [1.82, 2.24) is 9.97 Å². The highest BCUT2D eigenvalue weighted by Gasteiger charge is 2.21. The van der Waals surface area contributed by atoms with Gasteiger partial charge in [-0.1, -0.05) is 23.2 Å². The Kier molecular flexibility index (Phi) is 4.11. The molecule has 1 N–H and O–H groups in total. The van der Waals surface area contributed by atoms with E-state index in [-0.39, 0.29) is 27.2 Å². The maximum Gasteiger partial charge on any atom is 0.282 e. The molecule has 0 bridgehead atoms. The first-order valence-electron chi connectivity index (χ1n) is 5.21. The number of carbonyl (C=O) groups is 1. The molecule has 1 aromatic heterocycles. The van der Waals surface area contributed by atoms with E-state index in [1.807, 2.05) is 0 Å². The van der Waals surface area contributed by atoms with Gasteiger partial charge in [-0.2, -0.15) is 0 Å². The van der Waals surface area contributed by atoms with E-state index in [1.165, 1.54) is 24.5 Å². The third-order valence-corrected chi connectivity index (χ3v) is 2.80. The van der Waals surface area contributed by atoms with Crippen LogP contribution in [0.25, 0.3) is 0 Å². The number of nitrogens with one attached hydrogen (secondary N) is 1. The lowest BCUT2D eigenvalue weighted by Gasteiger charge is -2.06. The third-order valence-electron chi connectivity index (χ3n) is 2.29. The largest absolute Gasteiger partial charge is 0.304 e. The van der Waals surface area contributed by atoms with Crippen LogP contribution in [-0.4, -0.2) is 20.8 Å². The Morgan fingerprint density at radius 3 is 2.60 bits per heavy atom. The number of rotatable bonds is 3. The van der Waals surface area contributed by atoms with Crippen LogP contribution in [0, 0.1) is 10.1 Å². The van der Waals surface area contributed by atoms with Gasteiger partial charge in [-0.15, -0.1) is 0 Å². The van der Waals surface area contributed by atoms with Crippen LogP contribution in [0.4, 0.5) is 11.5 Å². The van der Waals surface area contributed by atoms with Gasteiger partial charge in [0.15, 0.2) is 11.0 Å². The summed E-state index contributed by atoms with van der Waals surface area (Å²) in [5.74, 6) is -0.741. The van der Waals surface area contributed by atoms with Crippen LogP contribution < -0.4 is 5.32 Å². The molecule has 1 amide bonds. The van der Waals surface area contributed by atoms with Gasteiger partial charge >= 0.3 is 0 Å². The van der Waals surface area contributed by atoms with Crippen molar-refractivity contribution in [2.45, 2.75) is 0 Å². The number of hydrogen-bond acceptors (Lipinski definition) is 5. The lowest BCUT2D eigenvalue weighted by atomic mass is 10.1. The number of nitro groups is 1. The van der Waals surface area contributed by atoms with E-state index >= 15 is 0 Å². The summed E-state index contributed by atoms with van der Waals surface area (Å²) >= 11 is 11.5. The van der Waals surface area contributed by atoms with E-state index in [0.29, 0.717) is 0 Å². The highest BCUT2D eigenvalue weighted by Crippen LogP contribution is 2.24. The zero-order chi connectivity index (χ0) is 14.7. The second-order valence-electron chi connectivity index (χ2n) is 3.57. The standard InChI is InChI=1S/C11H6Cl2N4O3/c12-6-1-2-8(17(19)20)7(5-6)11(18)16-10-9(13)14-3-4-15-10/h1-5H,(H,15,16,18). The van der Waals surface area contributed by atoms with E-state index < -0.39 is 10.8 Å². The van der Waals surface area contributed by atoms with Crippen molar-refractivity contribution in [2.24, 2.45) is 0 Å². The van der Waals surface area contributed by atoms with Gasteiger partial charge in [0.05, 0.1) is 4.92 Å². The van der Waals surface area contributed by atoms with Crippen molar-refractivity contribution < 1.29 is 9.72 Å². The monoisotopic (exact) mass is 312 g/mol. The fourth-order valence-corrected chi connectivity index (χ4v) is 1.75. The highest BCUT2D eigenvalue weighted by atomic mass is 35.5.